The monoisotopic (exact) mass is 216 g/mol. The van der Waals surface area contributed by atoms with Gasteiger partial charge in [-0.1, -0.05) is 20.8 Å². The summed E-state index contributed by atoms with van der Waals surface area (Å²) in [6.45, 7) is 6.32. The fourth-order valence-electron chi connectivity index (χ4n) is 2.32. The summed E-state index contributed by atoms with van der Waals surface area (Å²) < 4.78 is 2.01. The van der Waals surface area contributed by atoms with Gasteiger partial charge in [0.1, 0.15) is 5.65 Å². The smallest absolute Gasteiger partial charge is 0.152 e. The van der Waals surface area contributed by atoms with Crippen LogP contribution in [0.3, 0.4) is 0 Å². The molecule has 84 valence electrons. The highest BCUT2D eigenvalue weighted by Crippen LogP contribution is 2.31. The standard InChI is InChI=1S/C13H16N2O/c1-13(2,3)11-10(8-16)9-6-5-7-14-12(9)15(11)4/h5-8H,1-4H3. The average Bonchev–Trinajstić information content (AvgIpc) is 2.51. The summed E-state index contributed by atoms with van der Waals surface area (Å²) >= 11 is 0. The van der Waals surface area contributed by atoms with Gasteiger partial charge in [-0.25, -0.2) is 4.98 Å². The molecule has 0 fully saturated rings. The van der Waals surface area contributed by atoms with Crippen LogP contribution in [0.2, 0.25) is 0 Å². The Balaban J connectivity index is 2.93. The summed E-state index contributed by atoms with van der Waals surface area (Å²) in [5, 5.41) is 0.935. The summed E-state index contributed by atoms with van der Waals surface area (Å²) in [5.74, 6) is 0. The third-order valence-corrected chi connectivity index (χ3v) is 2.81. The molecule has 0 atom stereocenters. The van der Waals surface area contributed by atoms with Crippen LogP contribution >= 0.6 is 0 Å². The maximum absolute atomic E-state index is 11.3. The molecule has 2 heterocycles. The molecule has 0 aromatic carbocycles. The van der Waals surface area contributed by atoms with E-state index in [9.17, 15) is 4.79 Å². The van der Waals surface area contributed by atoms with Crippen molar-refractivity contribution in [2.24, 2.45) is 7.05 Å². The lowest BCUT2D eigenvalue weighted by Crippen LogP contribution is -2.18. The molecule has 0 spiro atoms. The molecule has 0 N–H and O–H groups in total. The van der Waals surface area contributed by atoms with E-state index in [-0.39, 0.29) is 5.41 Å². The number of aromatic nitrogens is 2. The van der Waals surface area contributed by atoms with Crippen LogP contribution in [0.5, 0.6) is 0 Å². The fourth-order valence-corrected chi connectivity index (χ4v) is 2.32. The lowest BCUT2D eigenvalue weighted by atomic mass is 9.89. The average molecular weight is 216 g/mol. The van der Waals surface area contributed by atoms with Gasteiger partial charge in [0.05, 0.1) is 0 Å². The fraction of sp³-hybridized carbons (Fsp3) is 0.385. The lowest BCUT2D eigenvalue weighted by Gasteiger charge is -2.20. The van der Waals surface area contributed by atoms with Crippen LogP contribution in [0.25, 0.3) is 11.0 Å². The Hall–Kier alpha value is -1.64. The molecular weight excluding hydrogens is 200 g/mol. The number of carbonyl (C=O) groups excluding carboxylic acids is 1. The van der Waals surface area contributed by atoms with E-state index >= 15 is 0 Å². The number of hydrogen-bond acceptors (Lipinski definition) is 2. The SMILES string of the molecule is Cn1c(C(C)(C)C)c(C=O)c2cccnc21. The van der Waals surface area contributed by atoms with Crippen LogP contribution in [-0.2, 0) is 12.5 Å². The largest absolute Gasteiger partial charge is 0.331 e. The van der Waals surface area contributed by atoms with E-state index in [4.69, 9.17) is 0 Å². The van der Waals surface area contributed by atoms with Gasteiger partial charge in [0.2, 0.25) is 0 Å². The van der Waals surface area contributed by atoms with Gasteiger partial charge in [-0.15, -0.1) is 0 Å². The second-order valence-electron chi connectivity index (χ2n) is 5.06. The van der Waals surface area contributed by atoms with E-state index in [0.717, 1.165) is 28.6 Å². The third-order valence-electron chi connectivity index (χ3n) is 2.81. The summed E-state index contributed by atoms with van der Waals surface area (Å²) in [7, 11) is 1.96. The summed E-state index contributed by atoms with van der Waals surface area (Å²) in [6.07, 6.45) is 2.69. The van der Waals surface area contributed by atoms with E-state index in [2.05, 4.69) is 25.8 Å². The van der Waals surface area contributed by atoms with Gasteiger partial charge in [-0.05, 0) is 12.1 Å². The summed E-state index contributed by atoms with van der Waals surface area (Å²) in [4.78, 5) is 15.6. The van der Waals surface area contributed by atoms with Crippen molar-refractivity contribution in [1.29, 1.82) is 0 Å². The number of nitrogens with zero attached hydrogens (tertiary/aromatic N) is 2. The number of pyridine rings is 1. The molecule has 3 heteroatoms. The first kappa shape index (κ1) is 10.9. The number of carbonyl (C=O) groups is 1. The van der Waals surface area contributed by atoms with Crippen molar-refractivity contribution in [2.75, 3.05) is 0 Å². The van der Waals surface area contributed by atoms with Crippen molar-refractivity contribution >= 4 is 17.3 Å². The van der Waals surface area contributed by atoms with Gasteiger partial charge in [-0.2, -0.15) is 0 Å². The normalized spacial score (nSPS) is 12.0. The van der Waals surface area contributed by atoms with Crippen molar-refractivity contribution in [3.05, 3.63) is 29.6 Å². The Labute approximate surface area is 95.1 Å². The molecule has 0 unspecified atom stereocenters. The molecule has 16 heavy (non-hydrogen) atoms. The first-order chi connectivity index (χ1) is 7.46. The quantitative estimate of drug-likeness (QED) is 0.687. The Morgan fingerprint density at radius 2 is 2.06 bits per heavy atom. The van der Waals surface area contributed by atoms with Crippen LogP contribution in [0.1, 0.15) is 36.8 Å². The van der Waals surface area contributed by atoms with Crippen LogP contribution in [0.4, 0.5) is 0 Å². The number of aryl methyl sites for hydroxylation is 1. The third kappa shape index (κ3) is 1.43. The lowest BCUT2D eigenvalue weighted by molar-refractivity contribution is 0.112. The van der Waals surface area contributed by atoms with Crippen LogP contribution in [0, 0.1) is 0 Å². The zero-order valence-electron chi connectivity index (χ0n) is 10.1. The molecule has 3 nitrogen and oxygen atoms in total. The van der Waals surface area contributed by atoms with Gasteiger partial charge in [0, 0.05) is 35.3 Å². The van der Waals surface area contributed by atoms with Crippen LogP contribution in [0.15, 0.2) is 18.3 Å². The first-order valence-electron chi connectivity index (χ1n) is 5.36. The second-order valence-corrected chi connectivity index (χ2v) is 5.06. The highest BCUT2D eigenvalue weighted by Gasteiger charge is 2.25. The van der Waals surface area contributed by atoms with Gasteiger partial charge in [0.15, 0.2) is 6.29 Å². The maximum atomic E-state index is 11.3. The summed E-state index contributed by atoms with van der Waals surface area (Å²) in [6, 6.07) is 3.81. The highest BCUT2D eigenvalue weighted by atomic mass is 16.1. The Kier molecular flexibility index (Phi) is 2.34. The predicted octanol–water partition coefficient (Wildman–Crippen LogP) is 2.68. The Bertz CT molecular complexity index is 547. The van der Waals surface area contributed by atoms with Crippen LogP contribution < -0.4 is 0 Å². The minimum absolute atomic E-state index is 0.0638. The molecule has 0 amide bonds. The van der Waals surface area contributed by atoms with E-state index in [1.165, 1.54) is 0 Å². The van der Waals surface area contributed by atoms with Crippen molar-refractivity contribution in [2.45, 2.75) is 26.2 Å². The van der Waals surface area contributed by atoms with E-state index in [1.54, 1.807) is 6.20 Å². The van der Waals surface area contributed by atoms with E-state index < -0.39 is 0 Å². The van der Waals surface area contributed by atoms with E-state index in [0.29, 0.717) is 0 Å². The zero-order valence-corrected chi connectivity index (χ0v) is 10.1. The molecular formula is C13H16N2O. The van der Waals surface area contributed by atoms with Crippen molar-refractivity contribution in [3.8, 4) is 0 Å². The minimum atomic E-state index is -0.0638. The minimum Gasteiger partial charge on any atom is -0.331 e. The number of hydrogen-bond donors (Lipinski definition) is 0. The Morgan fingerprint density at radius 3 is 2.62 bits per heavy atom. The van der Waals surface area contributed by atoms with Crippen molar-refractivity contribution in [3.63, 3.8) is 0 Å². The molecule has 0 saturated carbocycles. The molecule has 0 aliphatic rings. The predicted molar refractivity (Wildman–Crippen MR) is 64.8 cm³/mol. The van der Waals surface area contributed by atoms with Gasteiger partial charge >= 0.3 is 0 Å². The number of aldehydes is 1. The highest BCUT2D eigenvalue weighted by molar-refractivity contribution is 5.98. The number of fused-ring (bicyclic) bond motifs is 1. The molecule has 0 bridgehead atoms. The molecule has 2 aromatic rings. The number of rotatable bonds is 1. The van der Waals surface area contributed by atoms with Gasteiger partial charge < -0.3 is 4.57 Å². The topological polar surface area (TPSA) is 34.9 Å². The first-order valence-corrected chi connectivity index (χ1v) is 5.36. The summed E-state index contributed by atoms with van der Waals surface area (Å²) in [5.41, 5.74) is 2.61. The molecule has 2 aromatic heterocycles. The van der Waals surface area contributed by atoms with Gasteiger partial charge in [0.25, 0.3) is 0 Å². The maximum Gasteiger partial charge on any atom is 0.152 e. The van der Waals surface area contributed by atoms with Crippen molar-refractivity contribution < 1.29 is 4.79 Å². The second kappa shape index (κ2) is 3.44. The Morgan fingerprint density at radius 1 is 1.38 bits per heavy atom. The molecule has 2 rings (SSSR count). The molecule has 0 aliphatic heterocycles. The van der Waals surface area contributed by atoms with Crippen LogP contribution in [-0.4, -0.2) is 15.8 Å². The van der Waals surface area contributed by atoms with E-state index in [1.807, 2.05) is 23.7 Å². The molecule has 0 saturated heterocycles. The van der Waals surface area contributed by atoms with Gasteiger partial charge in [-0.3, -0.25) is 4.79 Å². The van der Waals surface area contributed by atoms with Crippen molar-refractivity contribution in [1.82, 2.24) is 9.55 Å². The molecule has 0 aliphatic carbocycles. The zero-order chi connectivity index (χ0) is 11.9. The molecule has 0 radical (unpaired) electrons.